The molecule has 0 amide bonds. The monoisotopic (exact) mass is 160 g/mol. The van der Waals surface area contributed by atoms with Crippen molar-refractivity contribution in [2.75, 3.05) is 0 Å². The Bertz CT molecular complexity index is 95.4. The van der Waals surface area contributed by atoms with Crippen molar-refractivity contribution in [2.24, 2.45) is 5.92 Å². The quantitative estimate of drug-likeness (QED) is 0.612. The molecule has 0 fully saturated rings. The molecule has 0 bridgehead atoms. The van der Waals surface area contributed by atoms with Crippen LogP contribution in [0.15, 0.2) is 0 Å². The van der Waals surface area contributed by atoms with Gasteiger partial charge in [0.15, 0.2) is 5.12 Å². The highest BCUT2D eigenvalue weighted by molar-refractivity contribution is 7.96. The van der Waals surface area contributed by atoms with Gasteiger partial charge in [-0.05, 0) is 12.8 Å². The summed E-state index contributed by atoms with van der Waals surface area (Å²) in [7, 11) is 0. The molecule has 0 aromatic carbocycles. The van der Waals surface area contributed by atoms with Gasteiger partial charge in [0.25, 0.3) is 0 Å². The van der Waals surface area contributed by atoms with Crippen molar-refractivity contribution in [1.82, 2.24) is 0 Å². The lowest BCUT2D eigenvalue weighted by Crippen LogP contribution is -2.07. The number of thiol groups is 1. The van der Waals surface area contributed by atoms with Gasteiger partial charge < -0.3 is 0 Å². The maximum Gasteiger partial charge on any atom is 0.188 e. The SMILES string of the molecule is CCCC(CCC)C(=O)S. The van der Waals surface area contributed by atoms with Gasteiger partial charge in [-0.15, -0.1) is 12.6 Å². The molecule has 0 aliphatic heterocycles. The summed E-state index contributed by atoms with van der Waals surface area (Å²) >= 11 is 3.82. The number of carbonyl (C=O) groups excluding carboxylic acids is 1. The summed E-state index contributed by atoms with van der Waals surface area (Å²) in [5.41, 5.74) is 0. The zero-order chi connectivity index (χ0) is 7.98. The normalized spacial score (nSPS) is 10.4. The van der Waals surface area contributed by atoms with Gasteiger partial charge in [0, 0.05) is 5.92 Å². The molecule has 0 radical (unpaired) electrons. The van der Waals surface area contributed by atoms with Crippen LogP contribution in [0.1, 0.15) is 39.5 Å². The van der Waals surface area contributed by atoms with E-state index in [0.29, 0.717) is 0 Å². The Morgan fingerprint density at radius 1 is 1.30 bits per heavy atom. The Morgan fingerprint density at radius 2 is 1.70 bits per heavy atom. The highest BCUT2D eigenvalue weighted by Gasteiger charge is 2.11. The van der Waals surface area contributed by atoms with Crippen LogP contribution in [-0.2, 0) is 4.79 Å². The Kier molecular flexibility index (Phi) is 5.79. The minimum atomic E-state index is 0.0590. The lowest BCUT2D eigenvalue weighted by molar-refractivity contribution is -0.114. The van der Waals surface area contributed by atoms with Crippen molar-refractivity contribution < 1.29 is 4.79 Å². The van der Waals surface area contributed by atoms with E-state index in [2.05, 4.69) is 26.5 Å². The van der Waals surface area contributed by atoms with Gasteiger partial charge in [-0.3, -0.25) is 4.79 Å². The minimum absolute atomic E-state index is 0.0590. The average molecular weight is 160 g/mol. The van der Waals surface area contributed by atoms with Crippen LogP contribution in [-0.4, -0.2) is 5.12 Å². The first-order valence-electron chi connectivity index (χ1n) is 3.95. The molecular formula is C8H16OS. The molecule has 0 aliphatic carbocycles. The Balaban J connectivity index is 3.61. The molecule has 60 valence electrons. The van der Waals surface area contributed by atoms with Crippen LogP contribution in [0.4, 0.5) is 0 Å². The fourth-order valence-electron chi connectivity index (χ4n) is 1.09. The van der Waals surface area contributed by atoms with Crippen molar-refractivity contribution in [3.63, 3.8) is 0 Å². The van der Waals surface area contributed by atoms with E-state index in [1.807, 2.05) is 0 Å². The predicted octanol–water partition coefficient (Wildman–Crippen LogP) is 2.66. The molecule has 10 heavy (non-hydrogen) atoms. The molecule has 0 rings (SSSR count). The summed E-state index contributed by atoms with van der Waals surface area (Å²) in [5, 5.41) is 0.0590. The number of hydrogen-bond donors (Lipinski definition) is 1. The zero-order valence-electron chi connectivity index (χ0n) is 6.76. The van der Waals surface area contributed by atoms with Gasteiger partial charge in [0.05, 0.1) is 0 Å². The van der Waals surface area contributed by atoms with E-state index in [1.165, 1.54) is 0 Å². The van der Waals surface area contributed by atoms with Crippen LogP contribution in [0.3, 0.4) is 0 Å². The summed E-state index contributed by atoms with van der Waals surface area (Å²) in [5.74, 6) is 0.207. The predicted molar refractivity (Wildman–Crippen MR) is 47.3 cm³/mol. The highest BCUT2D eigenvalue weighted by Crippen LogP contribution is 2.15. The smallest absolute Gasteiger partial charge is 0.188 e. The molecule has 2 heteroatoms. The molecule has 0 saturated heterocycles. The minimum Gasteiger partial charge on any atom is -0.287 e. The Hall–Kier alpha value is 0.0200. The molecule has 0 aromatic heterocycles. The first kappa shape index (κ1) is 10.0. The second-order valence-corrected chi connectivity index (χ2v) is 3.05. The zero-order valence-corrected chi connectivity index (χ0v) is 7.66. The molecule has 0 aliphatic rings. The molecule has 1 nitrogen and oxygen atoms in total. The van der Waals surface area contributed by atoms with Gasteiger partial charge in [-0.1, -0.05) is 26.7 Å². The molecule has 0 N–H and O–H groups in total. The Morgan fingerprint density at radius 3 is 1.90 bits per heavy atom. The number of hydrogen-bond acceptors (Lipinski definition) is 1. The van der Waals surface area contributed by atoms with Crippen molar-refractivity contribution in [3.05, 3.63) is 0 Å². The lowest BCUT2D eigenvalue weighted by Gasteiger charge is -2.08. The third kappa shape index (κ3) is 3.94. The van der Waals surface area contributed by atoms with E-state index in [0.717, 1.165) is 25.7 Å². The number of rotatable bonds is 5. The van der Waals surface area contributed by atoms with Gasteiger partial charge in [0.2, 0.25) is 0 Å². The standard InChI is InChI=1S/C8H16OS/c1-3-5-7(6-4-2)8(9)10/h7H,3-6H2,1-2H3,(H,9,10). The van der Waals surface area contributed by atoms with Crippen molar-refractivity contribution in [3.8, 4) is 0 Å². The van der Waals surface area contributed by atoms with Crippen LogP contribution in [0.5, 0.6) is 0 Å². The van der Waals surface area contributed by atoms with E-state index >= 15 is 0 Å². The van der Waals surface area contributed by atoms with E-state index in [-0.39, 0.29) is 11.0 Å². The molecule has 0 atom stereocenters. The van der Waals surface area contributed by atoms with Gasteiger partial charge >= 0.3 is 0 Å². The third-order valence-electron chi connectivity index (χ3n) is 1.62. The molecule has 0 spiro atoms. The van der Waals surface area contributed by atoms with E-state index < -0.39 is 0 Å². The first-order valence-corrected chi connectivity index (χ1v) is 4.39. The van der Waals surface area contributed by atoms with Crippen molar-refractivity contribution >= 4 is 17.7 Å². The molecular weight excluding hydrogens is 144 g/mol. The van der Waals surface area contributed by atoms with E-state index in [1.54, 1.807) is 0 Å². The maximum atomic E-state index is 10.8. The van der Waals surface area contributed by atoms with Crippen LogP contribution >= 0.6 is 12.6 Å². The topological polar surface area (TPSA) is 17.1 Å². The summed E-state index contributed by atoms with van der Waals surface area (Å²) < 4.78 is 0. The largest absolute Gasteiger partial charge is 0.287 e. The maximum absolute atomic E-state index is 10.8. The summed E-state index contributed by atoms with van der Waals surface area (Å²) in [6, 6.07) is 0. The lowest BCUT2D eigenvalue weighted by atomic mass is 10.0. The molecule has 0 saturated carbocycles. The van der Waals surface area contributed by atoms with Gasteiger partial charge in [-0.25, -0.2) is 0 Å². The van der Waals surface area contributed by atoms with Gasteiger partial charge in [-0.2, -0.15) is 0 Å². The summed E-state index contributed by atoms with van der Waals surface area (Å²) in [4.78, 5) is 10.8. The second kappa shape index (κ2) is 5.78. The molecule has 0 aromatic rings. The summed E-state index contributed by atoms with van der Waals surface area (Å²) in [6.45, 7) is 4.19. The first-order chi connectivity index (χ1) is 4.72. The highest BCUT2D eigenvalue weighted by atomic mass is 32.1. The number of carbonyl (C=O) groups is 1. The third-order valence-corrected chi connectivity index (χ3v) is 1.99. The Labute approximate surface area is 68.6 Å². The van der Waals surface area contributed by atoms with Crippen molar-refractivity contribution in [1.29, 1.82) is 0 Å². The van der Waals surface area contributed by atoms with Crippen LogP contribution in [0.2, 0.25) is 0 Å². The summed E-state index contributed by atoms with van der Waals surface area (Å²) in [6.07, 6.45) is 4.15. The van der Waals surface area contributed by atoms with Crippen LogP contribution in [0.25, 0.3) is 0 Å². The molecule has 0 unspecified atom stereocenters. The van der Waals surface area contributed by atoms with Crippen LogP contribution < -0.4 is 0 Å². The second-order valence-electron chi connectivity index (χ2n) is 2.61. The van der Waals surface area contributed by atoms with Gasteiger partial charge in [0.1, 0.15) is 0 Å². The molecule has 0 heterocycles. The average Bonchev–Trinajstić information content (AvgIpc) is 1.87. The van der Waals surface area contributed by atoms with Crippen LogP contribution in [0, 0.1) is 5.92 Å². The fraction of sp³-hybridized carbons (Fsp3) is 0.875. The fourth-order valence-corrected chi connectivity index (χ4v) is 1.35. The van der Waals surface area contributed by atoms with Crippen molar-refractivity contribution in [2.45, 2.75) is 39.5 Å². The van der Waals surface area contributed by atoms with E-state index in [9.17, 15) is 4.79 Å². The van der Waals surface area contributed by atoms with E-state index in [4.69, 9.17) is 0 Å².